The van der Waals surface area contributed by atoms with Gasteiger partial charge in [-0.05, 0) is 25.0 Å². The van der Waals surface area contributed by atoms with Gasteiger partial charge in [-0.1, -0.05) is 29.8 Å². The van der Waals surface area contributed by atoms with Gasteiger partial charge in [0.2, 0.25) is 0 Å². The summed E-state index contributed by atoms with van der Waals surface area (Å²) in [5, 5.41) is 0.740. The molecule has 0 amide bonds. The molecule has 0 spiro atoms. The highest BCUT2D eigenvalue weighted by Crippen LogP contribution is 2.23. The summed E-state index contributed by atoms with van der Waals surface area (Å²) in [5.41, 5.74) is 6.99. The number of nitrogens with two attached hydrogens (primary N) is 1. The summed E-state index contributed by atoms with van der Waals surface area (Å²) < 4.78 is 0. The van der Waals surface area contributed by atoms with Gasteiger partial charge in [0, 0.05) is 17.5 Å². The van der Waals surface area contributed by atoms with Crippen LogP contribution in [0.3, 0.4) is 0 Å². The van der Waals surface area contributed by atoms with Gasteiger partial charge in [-0.2, -0.15) is 0 Å². The second kappa shape index (κ2) is 5.70. The van der Waals surface area contributed by atoms with Crippen molar-refractivity contribution in [3.05, 3.63) is 34.9 Å². The minimum Gasteiger partial charge on any atom is -0.324 e. The van der Waals surface area contributed by atoms with Gasteiger partial charge in [-0.25, -0.2) is 0 Å². The normalized spacial score (nSPS) is 11.6. The maximum atomic E-state index is 6.02. The van der Waals surface area contributed by atoms with Crippen LogP contribution < -0.4 is 5.73 Å². The van der Waals surface area contributed by atoms with Crippen molar-refractivity contribution < 1.29 is 0 Å². The molecule has 0 fully saturated rings. The Hall–Kier alpha value is -0.970. The molecule has 1 aromatic carbocycles. The molecule has 1 atom stereocenters. The van der Waals surface area contributed by atoms with Gasteiger partial charge in [-0.15, -0.1) is 11.8 Å². The molecule has 1 unspecified atom stereocenters. The van der Waals surface area contributed by atoms with Crippen molar-refractivity contribution in [3.63, 3.8) is 0 Å². The molecule has 1 nitrogen and oxygen atoms in total. The number of rotatable bonds is 3. The Morgan fingerprint density at radius 3 is 2.79 bits per heavy atom. The van der Waals surface area contributed by atoms with Crippen LogP contribution >= 0.6 is 11.6 Å². The lowest BCUT2D eigenvalue weighted by molar-refractivity contribution is 0.668. The molecule has 0 saturated carbocycles. The molecule has 1 aromatic rings. The Morgan fingerprint density at radius 1 is 1.43 bits per heavy atom. The van der Waals surface area contributed by atoms with E-state index in [9.17, 15) is 0 Å². The van der Waals surface area contributed by atoms with E-state index in [-0.39, 0.29) is 6.04 Å². The lowest BCUT2D eigenvalue weighted by Gasteiger charge is -2.11. The Kier molecular flexibility index (Phi) is 4.52. The lowest BCUT2D eigenvalue weighted by Crippen LogP contribution is -2.10. The van der Waals surface area contributed by atoms with E-state index in [4.69, 9.17) is 17.3 Å². The van der Waals surface area contributed by atoms with Crippen molar-refractivity contribution in [2.24, 2.45) is 5.73 Å². The zero-order valence-electron chi connectivity index (χ0n) is 8.26. The summed E-state index contributed by atoms with van der Waals surface area (Å²) in [4.78, 5) is 0. The third-order valence-corrected chi connectivity index (χ3v) is 2.41. The molecular formula is C12H14ClN. The van der Waals surface area contributed by atoms with Crippen LogP contribution in [0.25, 0.3) is 0 Å². The topological polar surface area (TPSA) is 26.0 Å². The molecule has 2 heteroatoms. The summed E-state index contributed by atoms with van der Waals surface area (Å²) in [5.74, 6) is 5.85. The van der Waals surface area contributed by atoms with Crippen molar-refractivity contribution in [1.82, 2.24) is 0 Å². The van der Waals surface area contributed by atoms with Crippen molar-refractivity contribution in [2.75, 3.05) is 0 Å². The van der Waals surface area contributed by atoms with Crippen molar-refractivity contribution >= 4 is 11.6 Å². The van der Waals surface area contributed by atoms with Gasteiger partial charge in [0.15, 0.2) is 0 Å². The molecule has 0 bridgehead atoms. The second-order valence-electron chi connectivity index (χ2n) is 3.09. The van der Waals surface area contributed by atoms with Crippen LogP contribution in [0.2, 0.25) is 5.02 Å². The molecule has 74 valence electrons. The lowest BCUT2D eigenvalue weighted by atomic mass is 10.0. The van der Waals surface area contributed by atoms with Crippen LogP contribution in [0, 0.1) is 11.8 Å². The first-order valence-electron chi connectivity index (χ1n) is 4.65. The van der Waals surface area contributed by atoms with Gasteiger partial charge < -0.3 is 5.73 Å². The summed E-state index contributed by atoms with van der Waals surface area (Å²) in [6, 6.07) is 7.68. The number of hydrogen-bond donors (Lipinski definition) is 1. The largest absolute Gasteiger partial charge is 0.324 e. The second-order valence-corrected chi connectivity index (χ2v) is 3.50. The van der Waals surface area contributed by atoms with E-state index < -0.39 is 0 Å². The van der Waals surface area contributed by atoms with Gasteiger partial charge >= 0.3 is 0 Å². The summed E-state index contributed by atoms with van der Waals surface area (Å²) >= 11 is 6.02. The fourth-order valence-electron chi connectivity index (χ4n) is 1.28. The Morgan fingerprint density at radius 2 is 2.14 bits per heavy atom. The van der Waals surface area contributed by atoms with E-state index in [1.165, 1.54) is 0 Å². The quantitative estimate of drug-likeness (QED) is 0.758. The van der Waals surface area contributed by atoms with Gasteiger partial charge in [0.1, 0.15) is 0 Å². The monoisotopic (exact) mass is 207 g/mol. The van der Waals surface area contributed by atoms with E-state index >= 15 is 0 Å². The molecule has 0 aliphatic rings. The van der Waals surface area contributed by atoms with E-state index in [1.54, 1.807) is 0 Å². The average Bonchev–Trinajstić information content (AvgIpc) is 2.18. The standard InChI is InChI=1S/C12H14ClN/c1-2-3-4-9-12(14)10-7-5-6-8-11(10)13/h5-8,12H,4,9,14H2,1H3. The SMILES string of the molecule is CC#CCCC(N)c1ccccc1Cl. The third-order valence-electron chi connectivity index (χ3n) is 2.06. The predicted molar refractivity (Wildman–Crippen MR) is 61.1 cm³/mol. The molecule has 14 heavy (non-hydrogen) atoms. The first-order chi connectivity index (χ1) is 6.75. The minimum atomic E-state index is -0.00968. The zero-order chi connectivity index (χ0) is 10.4. The molecular weight excluding hydrogens is 194 g/mol. The van der Waals surface area contributed by atoms with Crippen LogP contribution in [0.1, 0.15) is 31.4 Å². The first kappa shape index (κ1) is 11.1. The number of benzene rings is 1. The smallest absolute Gasteiger partial charge is 0.0453 e. The molecule has 0 saturated heterocycles. The molecule has 1 rings (SSSR count). The Balaban J connectivity index is 2.63. The van der Waals surface area contributed by atoms with E-state index in [0.29, 0.717) is 0 Å². The molecule has 0 aliphatic heterocycles. The van der Waals surface area contributed by atoms with Crippen molar-refractivity contribution in [1.29, 1.82) is 0 Å². The van der Waals surface area contributed by atoms with Gasteiger partial charge in [-0.3, -0.25) is 0 Å². The van der Waals surface area contributed by atoms with Crippen molar-refractivity contribution in [3.8, 4) is 11.8 Å². The molecule has 0 heterocycles. The average molecular weight is 208 g/mol. The number of halogens is 1. The third kappa shape index (κ3) is 3.06. The first-order valence-corrected chi connectivity index (χ1v) is 5.03. The fourth-order valence-corrected chi connectivity index (χ4v) is 1.56. The van der Waals surface area contributed by atoms with Gasteiger partial charge in [0.25, 0.3) is 0 Å². The maximum absolute atomic E-state index is 6.02. The van der Waals surface area contributed by atoms with E-state index in [2.05, 4.69) is 11.8 Å². The van der Waals surface area contributed by atoms with Crippen LogP contribution in [-0.2, 0) is 0 Å². The molecule has 0 aromatic heterocycles. The van der Waals surface area contributed by atoms with Crippen molar-refractivity contribution in [2.45, 2.75) is 25.8 Å². The highest BCUT2D eigenvalue weighted by atomic mass is 35.5. The molecule has 2 N–H and O–H groups in total. The molecule has 0 aliphatic carbocycles. The van der Waals surface area contributed by atoms with E-state index in [1.807, 2.05) is 31.2 Å². The maximum Gasteiger partial charge on any atom is 0.0453 e. The zero-order valence-corrected chi connectivity index (χ0v) is 9.01. The minimum absolute atomic E-state index is 0.00968. The Labute approximate surface area is 90.3 Å². The van der Waals surface area contributed by atoms with Crippen LogP contribution in [0.5, 0.6) is 0 Å². The Bertz CT molecular complexity index is 349. The van der Waals surface area contributed by atoms with Crippen LogP contribution in [0.15, 0.2) is 24.3 Å². The number of hydrogen-bond acceptors (Lipinski definition) is 1. The fraction of sp³-hybridized carbons (Fsp3) is 0.333. The predicted octanol–water partition coefficient (Wildman–Crippen LogP) is 3.14. The highest BCUT2D eigenvalue weighted by Gasteiger charge is 2.07. The molecule has 0 radical (unpaired) electrons. The summed E-state index contributed by atoms with van der Waals surface area (Å²) in [6.07, 6.45) is 1.67. The van der Waals surface area contributed by atoms with E-state index in [0.717, 1.165) is 23.4 Å². The summed E-state index contributed by atoms with van der Waals surface area (Å²) in [6.45, 7) is 1.83. The van der Waals surface area contributed by atoms with Crippen LogP contribution in [0.4, 0.5) is 0 Å². The highest BCUT2D eigenvalue weighted by molar-refractivity contribution is 6.31. The van der Waals surface area contributed by atoms with Crippen LogP contribution in [-0.4, -0.2) is 0 Å². The van der Waals surface area contributed by atoms with Gasteiger partial charge in [0.05, 0.1) is 0 Å². The summed E-state index contributed by atoms with van der Waals surface area (Å²) in [7, 11) is 0.